The molecule has 0 aliphatic carbocycles. The third-order valence-electron chi connectivity index (χ3n) is 2.53. The van der Waals surface area contributed by atoms with E-state index < -0.39 is 12.1 Å². The lowest BCUT2D eigenvalue weighted by atomic mass is 10.2. The van der Waals surface area contributed by atoms with Crippen molar-refractivity contribution < 1.29 is 19.4 Å². The fourth-order valence-electron chi connectivity index (χ4n) is 1.59. The number of alkyl carbamates (subject to hydrolysis) is 1. The average Bonchev–Trinajstić information content (AvgIpc) is 2.57. The van der Waals surface area contributed by atoms with Gasteiger partial charge in [0, 0.05) is 19.1 Å². The molecule has 16 heavy (non-hydrogen) atoms. The molecule has 1 unspecified atom stereocenters. The highest BCUT2D eigenvalue weighted by Gasteiger charge is 2.25. The maximum absolute atomic E-state index is 10.8. The zero-order valence-electron chi connectivity index (χ0n) is 9.60. The first-order valence-electron chi connectivity index (χ1n) is 5.39. The number of hydrogen-bond acceptors (Lipinski definition) is 4. The molecule has 6 heteroatoms. The van der Waals surface area contributed by atoms with Crippen LogP contribution in [-0.4, -0.2) is 53.8 Å². The molecule has 1 amide bonds. The quantitative estimate of drug-likeness (QED) is 0.685. The van der Waals surface area contributed by atoms with E-state index in [0.29, 0.717) is 19.6 Å². The van der Waals surface area contributed by atoms with Gasteiger partial charge in [0.05, 0.1) is 13.0 Å². The van der Waals surface area contributed by atoms with Crippen LogP contribution in [0.5, 0.6) is 0 Å². The highest BCUT2D eigenvalue weighted by molar-refractivity contribution is 5.69. The Labute approximate surface area is 94.6 Å². The molecule has 0 aromatic heterocycles. The van der Waals surface area contributed by atoms with Crippen molar-refractivity contribution in [1.82, 2.24) is 10.2 Å². The van der Waals surface area contributed by atoms with E-state index in [1.165, 1.54) is 0 Å². The van der Waals surface area contributed by atoms with Crippen molar-refractivity contribution in [1.29, 1.82) is 0 Å². The Morgan fingerprint density at radius 1 is 1.69 bits per heavy atom. The Morgan fingerprint density at radius 3 is 2.81 bits per heavy atom. The minimum Gasteiger partial charge on any atom is -0.481 e. The molecule has 0 saturated carbocycles. The van der Waals surface area contributed by atoms with Gasteiger partial charge in [-0.05, 0) is 13.8 Å². The van der Waals surface area contributed by atoms with Crippen molar-refractivity contribution in [2.24, 2.45) is 0 Å². The predicted octanol–water partition coefficient (Wildman–Crippen LogP) is 0.280. The van der Waals surface area contributed by atoms with Gasteiger partial charge in [-0.3, -0.25) is 9.69 Å². The largest absolute Gasteiger partial charge is 0.481 e. The smallest absolute Gasteiger partial charge is 0.407 e. The van der Waals surface area contributed by atoms with Gasteiger partial charge in [-0.25, -0.2) is 4.79 Å². The number of nitrogens with zero attached hydrogens (tertiary/aromatic N) is 1. The Bertz CT molecular complexity index is 268. The molecule has 2 N–H and O–H groups in total. The number of rotatable bonds is 6. The maximum atomic E-state index is 10.8. The monoisotopic (exact) mass is 230 g/mol. The maximum Gasteiger partial charge on any atom is 0.407 e. The van der Waals surface area contributed by atoms with E-state index in [1.54, 1.807) is 0 Å². The van der Waals surface area contributed by atoms with Crippen molar-refractivity contribution in [2.45, 2.75) is 32.4 Å². The van der Waals surface area contributed by atoms with E-state index in [0.717, 1.165) is 0 Å². The molecule has 0 radical (unpaired) electrons. The van der Waals surface area contributed by atoms with Crippen LogP contribution >= 0.6 is 0 Å². The lowest BCUT2D eigenvalue weighted by Crippen LogP contribution is -2.40. The van der Waals surface area contributed by atoms with Gasteiger partial charge in [-0.15, -0.1) is 0 Å². The zero-order valence-corrected chi connectivity index (χ0v) is 9.60. The summed E-state index contributed by atoms with van der Waals surface area (Å²) in [6, 6.07) is 0.235. The number of carboxylic acid groups (broad SMARTS) is 1. The van der Waals surface area contributed by atoms with Gasteiger partial charge in [-0.2, -0.15) is 0 Å². The van der Waals surface area contributed by atoms with Crippen LogP contribution in [0.15, 0.2) is 0 Å². The van der Waals surface area contributed by atoms with Crippen molar-refractivity contribution >= 4 is 12.1 Å². The molecule has 6 nitrogen and oxygen atoms in total. The summed E-state index contributed by atoms with van der Waals surface area (Å²) in [5.74, 6) is -0.813. The Morgan fingerprint density at radius 2 is 2.38 bits per heavy atom. The minimum absolute atomic E-state index is 0.103. The van der Waals surface area contributed by atoms with Crippen molar-refractivity contribution in [3.05, 3.63) is 0 Å². The highest BCUT2D eigenvalue weighted by Crippen LogP contribution is 2.07. The number of aliphatic carboxylic acids is 1. The Balaban J connectivity index is 2.38. The molecule has 1 fully saturated rings. The molecular formula is C10H18N2O4. The summed E-state index contributed by atoms with van der Waals surface area (Å²) in [6.45, 7) is 5.53. The third-order valence-corrected chi connectivity index (χ3v) is 2.53. The van der Waals surface area contributed by atoms with Crippen LogP contribution in [0.4, 0.5) is 4.79 Å². The first kappa shape index (κ1) is 12.8. The summed E-state index contributed by atoms with van der Waals surface area (Å²) < 4.78 is 5.01. The fraction of sp³-hybridized carbons (Fsp3) is 0.800. The first-order valence-corrected chi connectivity index (χ1v) is 5.39. The second kappa shape index (κ2) is 5.69. The van der Waals surface area contributed by atoms with Crippen molar-refractivity contribution in [3.8, 4) is 0 Å². The van der Waals surface area contributed by atoms with Crippen LogP contribution in [0.25, 0.3) is 0 Å². The van der Waals surface area contributed by atoms with Crippen LogP contribution in [0.1, 0.15) is 20.3 Å². The average molecular weight is 230 g/mol. The van der Waals surface area contributed by atoms with E-state index in [-0.39, 0.29) is 18.6 Å². The van der Waals surface area contributed by atoms with E-state index in [9.17, 15) is 9.59 Å². The lowest BCUT2D eigenvalue weighted by Gasteiger charge is -2.27. The van der Waals surface area contributed by atoms with Crippen LogP contribution in [0, 0.1) is 0 Å². The molecule has 1 rings (SSSR count). The van der Waals surface area contributed by atoms with Crippen molar-refractivity contribution in [2.75, 3.05) is 19.6 Å². The number of carboxylic acids is 1. The summed E-state index contributed by atoms with van der Waals surface area (Å²) in [6.07, 6.45) is -0.470. The molecule has 0 aromatic rings. The zero-order chi connectivity index (χ0) is 12.1. The number of hydrogen-bond donors (Lipinski definition) is 2. The van der Waals surface area contributed by atoms with Crippen molar-refractivity contribution in [3.63, 3.8) is 0 Å². The highest BCUT2D eigenvalue weighted by atomic mass is 16.6. The molecule has 1 aliphatic rings. The molecule has 0 bridgehead atoms. The number of amides is 1. The topological polar surface area (TPSA) is 78.9 Å². The molecule has 0 aromatic carbocycles. The number of ether oxygens (including phenoxy) is 1. The predicted molar refractivity (Wildman–Crippen MR) is 57.2 cm³/mol. The Hall–Kier alpha value is -1.30. The van der Waals surface area contributed by atoms with E-state index in [4.69, 9.17) is 9.84 Å². The van der Waals surface area contributed by atoms with E-state index in [1.807, 2.05) is 18.7 Å². The van der Waals surface area contributed by atoms with Gasteiger partial charge in [0.1, 0.15) is 6.10 Å². The van der Waals surface area contributed by atoms with Crippen LogP contribution in [0.3, 0.4) is 0 Å². The second-order valence-electron chi connectivity index (χ2n) is 4.14. The van der Waals surface area contributed by atoms with Gasteiger partial charge >= 0.3 is 12.1 Å². The fourth-order valence-corrected chi connectivity index (χ4v) is 1.59. The standard InChI is InChI=1S/C10H18N2O4/c1-7(2)12(4-3-9(13)14)6-8-5-11-10(15)16-8/h7-8H,3-6H2,1-2H3,(H,11,15)(H,13,14). The summed E-state index contributed by atoms with van der Waals surface area (Å²) >= 11 is 0. The normalized spacial score (nSPS) is 20.0. The van der Waals surface area contributed by atoms with Gasteiger partial charge in [0.2, 0.25) is 0 Å². The van der Waals surface area contributed by atoms with Crippen LogP contribution in [0.2, 0.25) is 0 Å². The number of carbonyl (C=O) groups is 2. The molecule has 1 atom stereocenters. The number of nitrogens with one attached hydrogen (secondary N) is 1. The molecule has 1 aliphatic heterocycles. The summed E-state index contributed by atoms with van der Waals surface area (Å²) in [5, 5.41) is 11.2. The summed E-state index contributed by atoms with van der Waals surface area (Å²) in [4.78, 5) is 23.3. The molecule has 92 valence electrons. The molecular weight excluding hydrogens is 212 g/mol. The van der Waals surface area contributed by atoms with Gasteiger partial charge < -0.3 is 15.2 Å². The SMILES string of the molecule is CC(C)N(CCC(=O)O)CC1CNC(=O)O1. The van der Waals surface area contributed by atoms with E-state index >= 15 is 0 Å². The second-order valence-corrected chi connectivity index (χ2v) is 4.14. The summed E-state index contributed by atoms with van der Waals surface area (Å²) in [7, 11) is 0. The van der Waals surface area contributed by atoms with Gasteiger partial charge in [0.15, 0.2) is 0 Å². The minimum atomic E-state index is -0.813. The molecule has 1 saturated heterocycles. The number of carbonyl (C=O) groups excluding carboxylic acids is 1. The Kier molecular flexibility index (Phi) is 4.54. The van der Waals surface area contributed by atoms with Gasteiger partial charge in [-0.1, -0.05) is 0 Å². The third kappa shape index (κ3) is 4.06. The number of cyclic esters (lactones) is 1. The summed E-state index contributed by atoms with van der Waals surface area (Å²) in [5.41, 5.74) is 0. The molecule has 0 spiro atoms. The molecule has 1 heterocycles. The van der Waals surface area contributed by atoms with Crippen LogP contribution in [-0.2, 0) is 9.53 Å². The van der Waals surface area contributed by atoms with Gasteiger partial charge in [0.25, 0.3) is 0 Å². The van der Waals surface area contributed by atoms with Crippen LogP contribution < -0.4 is 5.32 Å². The first-order chi connectivity index (χ1) is 7.49. The van der Waals surface area contributed by atoms with E-state index in [2.05, 4.69) is 5.32 Å². The lowest BCUT2D eigenvalue weighted by molar-refractivity contribution is -0.137.